The van der Waals surface area contributed by atoms with Gasteiger partial charge in [0, 0.05) is 18.8 Å². The van der Waals surface area contributed by atoms with E-state index in [1.165, 1.54) is 57.3 Å². The number of fused-ring (bicyclic) bond motifs is 1. The highest BCUT2D eigenvalue weighted by molar-refractivity contribution is 5.39. The van der Waals surface area contributed by atoms with Crippen molar-refractivity contribution < 1.29 is 0 Å². The fraction of sp³-hybridized carbons (Fsp3) is 0.647. The summed E-state index contributed by atoms with van der Waals surface area (Å²) < 4.78 is 0. The minimum Gasteiger partial charge on any atom is -0.399 e. The van der Waals surface area contributed by atoms with E-state index in [9.17, 15) is 0 Å². The van der Waals surface area contributed by atoms with Gasteiger partial charge in [-0.3, -0.25) is 0 Å². The Labute approximate surface area is 117 Å². The normalized spacial score (nSPS) is 28.0. The second-order valence-electron chi connectivity index (χ2n) is 6.39. The molecule has 1 heterocycles. The van der Waals surface area contributed by atoms with Gasteiger partial charge in [-0.1, -0.05) is 31.4 Å². The van der Waals surface area contributed by atoms with Gasteiger partial charge < -0.3 is 10.6 Å². The first-order valence-electron chi connectivity index (χ1n) is 7.88. The zero-order chi connectivity index (χ0) is 13.1. The van der Waals surface area contributed by atoms with Crippen LogP contribution in [0, 0.1) is 11.8 Å². The molecule has 0 bridgehead atoms. The number of hydrogen-bond acceptors (Lipinski definition) is 2. The van der Waals surface area contributed by atoms with Gasteiger partial charge in [-0.2, -0.15) is 0 Å². The molecule has 1 aliphatic carbocycles. The molecule has 2 heteroatoms. The van der Waals surface area contributed by atoms with Crippen molar-refractivity contribution in [3.63, 3.8) is 0 Å². The maximum atomic E-state index is 5.73. The number of nitrogens with two attached hydrogens (primary N) is 1. The number of hydrogen-bond donors (Lipinski definition) is 1. The van der Waals surface area contributed by atoms with E-state index in [-0.39, 0.29) is 0 Å². The Balaban J connectivity index is 1.49. The second kappa shape index (κ2) is 5.96. The predicted molar refractivity (Wildman–Crippen MR) is 81.1 cm³/mol. The quantitative estimate of drug-likeness (QED) is 0.843. The Kier molecular flexibility index (Phi) is 4.07. The minimum atomic E-state index is 0.867. The molecule has 104 valence electrons. The van der Waals surface area contributed by atoms with Gasteiger partial charge in [0.15, 0.2) is 0 Å². The van der Waals surface area contributed by atoms with Crippen LogP contribution in [-0.4, -0.2) is 24.5 Å². The molecule has 0 amide bonds. The highest BCUT2D eigenvalue weighted by Gasteiger charge is 2.30. The molecule has 19 heavy (non-hydrogen) atoms. The largest absolute Gasteiger partial charge is 0.399 e. The Hall–Kier alpha value is -1.02. The average Bonchev–Trinajstić information content (AvgIpc) is 2.46. The van der Waals surface area contributed by atoms with Crippen molar-refractivity contribution in [1.29, 1.82) is 0 Å². The lowest BCUT2D eigenvalue weighted by Gasteiger charge is -2.41. The molecule has 2 fully saturated rings. The van der Waals surface area contributed by atoms with E-state index in [1.807, 2.05) is 12.1 Å². The maximum Gasteiger partial charge on any atom is 0.0314 e. The standard InChI is InChI=1S/C17H26N2/c18-17-7-5-14(6-8-17)9-11-19-12-10-15-3-1-2-4-16(15)13-19/h5-8,15-16H,1-4,9-13,18H2. The smallest absolute Gasteiger partial charge is 0.0314 e. The van der Waals surface area contributed by atoms with Crippen molar-refractivity contribution in [2.75, 3.05) is 25.4 Å². The van der Waals surface area contributed by atoms with Crippen LogP contribution in [0.4, 0.5) is 5.69 Å². The zero-order valence-corrected chi connectivity index (χ0v) is 11.9. The van der Waals surface area contributed by atoms with Crippen LogP contribution in [0.3, 0.4) is 0 Å². The van der Waals surface area contributed by atoms with Crippen LogP contribution < -0.4 is 5.73 Å². The van der Waals surface area contributed by atoms with E-state index in [0.29, 0.717) is 0 Å². The lowest BCUT2D eigenvalue weighted by Crippen LogP contribution is -2.42. The van der Waals surface area contributed by atoms with E-state index >= 15 is 0 Å². The van der Waals surface area contributed by atoms with E-state index in [4.69, 9.17) is 5.73 Å². The summed E-state index contributed by atoms with van der Waals surface area (Å²) in [5.74, 6) is 2.04. The highest BCUT2D eigenvalue weighted by Crippen LogP contribution is 2.35. The van der Waals surface area contributed by atoms with Gasteiger partial charge >= 0.3 is 0 Å². The van der Waals surface area contributed by atoms with Crippen LogP contribution >= 0.6 is 0 Å². The SMILES string of the molecule is Nc1ccc(CCN2CCC3CCCCC3C2)cc1. The number of rotatable bonds is 3. The number of piperidine rings is 1. The number of likely N-dealkylation sites (tertiary alicyclic amines) is 1. The van der Waals surface area contributed by atoms with Crippen LogP contribution in [0.25, 0.3) is 0 Å². The summed E-state index contributed by atoms with van der Waals surface area (Å²) >= 11 is 0. The van der Waals surface area contributed by atoms with Crippen molar-refractivity contribution in [1.82, 2.24) is 4.90 Å². The summed E-state index contributed by atoms with van der Waals surface area (Å²) in [6.45, 7) is 3.88. The maximum absolute atomic E-state index is 5.73. The molecule has 0 radical (unpaired) electrons. The van der Waals surface area contributed by atoms with Gasteiger partial charge in [-0.15, -0.1) is 0 Å². The third-order valence-corrected chi connectivity index (χ3v) is 5.07. The van der Waals surface area contributed by atoms with Gasteiger partial charge in [0.05, 0.1) is 0 Å². The Morgan fingerprint density at radius 1 is 1.00 bits per heavy atom. The lowest BCUT2D eigenvalue weighted by molar-refractivity contribution is 0.0878. The van der Waals surface area contributed by atoms with Crippen LogP contribution in [0.2, 0.25) is 0 Å². The first-order valence-corrected chi connectivity index (χ1v) is 7.88. The Morgan fingerprint density at radius 3 is 2.53 bits per heavy atom. The number of nitrogen functional groups attached to an aromatic ring is 1. The zero-order valence-electron chi connectivity index (χ0n) is 11.9. The monoisotopic (exact) mass is 258 g/mol. The molecule has 1 aliphatic heterocycles. The van der Waals surface area contributed by atoms with Gasteiger partial charge in [-0.25, -0.2) is 0 Å². The van der Waals surface area contributed by atoms with Gasteiger partial charge in [0.1, 0.15) is 0 Å². The molecule has 1 saturated carbocycles. The summed E-state index contributed by atoms with van der Waals surface area (Å²) in [4.78, 5) is 2.68. The number of nitrogens with zero attached hydrogens (tertiary/aromatic N) is 1. The Bertz CT molecular complexity index is 398. The summed E-state index contributed by atoms with van der Waals surface area (Å²) in [6.07, 6.45) is 8.52. The summed E-state index contributed by atoms with van der Waals surface area (Å²) in [6, 6.07) is 8.37. The molecule has 2 unspecified atom stereocenters. The molecule has 3 rings (SSSR count). The molecule has 1 saturated heterocycles. The molecule has 1 aromatic carbocycles. The molecule has 0 spiro atoms. The van der Waals surface area contributed by atoms with Crippen molar-refractivity contribution in [3.8, 4) is 0 Å². The average molecular weight is 258 g/mol. The summed E-state index contributed by atoms with van der Waals surface area (Å²) in [5.41, 5.74) is 8.01. The van der Waals surface area contributed by atoms with E-state index in [1.54, 1.807) is 0 Å². The van der Waals surface area contributed by atoms with Crippen molar-refractivity contribution in [2.24, 2.45) is 11.8 Å². The van der Waals surface area contributed by atoms with Crippen LogP contribution in [0.15, 0.2) is 24.3 Å². The fourth-order valence-electron chi connectivity index (χ4n) is 3.85. The summed E-state index contributed by atoms with van der Waals surface area (Å²) in [7, 11) is 0. The topological polar surface area (TPSA) is 29.3 Å². The van der Waals surface area contributed by atoms with Crippen LogP contribution in [0.1, 0.15) is 37.7 Å². The molecule has 2 aliphatic rings. The molecule has 1 aromatic rings. The molecule has 2 atom stereocenters. The van der Waals surface area contributed by atoms with E-state index in [0.717, 1.165) is 23.9 Å². The predicted octanol–water partition coefficient (Wildman–Crippen LogP) is 3.32. The number of anilines is 1. The lowest BCUT2D eigenvalue weighted by atomic mass is 9.75. The molecule has 0 aromatic heterocycles. The van der Waals surface area contributed by atoms with E-state index in [2.05, 4.69) is 17.0 Å². The first-order chi connectivity index (χ1) is 9.31. The fourth-order valence-corrected chi connectivity index (χ4v) is 3.85. The van der Waals surface area contributed by atoms with Gasteiger partial charge in [0.25, 0.3) is 0 Å². The molecular weight excluding hydrogens is 232 g/mol. The summed E-state index contributed by atoms with van der Waals surface area (Å²) in [5, 5.41) is 0. The Morgan fingerprint density at radius 2 is 1.74 bits per heavy atom. The molecule has 2 N–H and O–H groups in total. The third-order valence-electron chi connectivity index (χ3n) is 5.07. The first kappa shape index (κ1) is 13.0. The van der Waals surface area contributed by atoms with Crippen molar-refractivity contribution in [2.45, 2.75) is 38.5 Å². The molecular formula is C17H26N2. The van der Waals surface area contributed by atoms with Gasteiger partial charge in [0.2, 0.25) is 0 Å². The van der Waals surface area contributed by atoms with Gasteiger partial charge in [-0.05, 0) is 55.3 Å². The van der Waals surface area contributed by atoms with E-state index < -0.39 is 0 Å². The van der Waals surface area contributed by atoms with Crippen molar-refractivity contribution >= 4 is 5.69 Å². The number of benzene rings is 1. The second-order valence-corrected chi connectivity index (χ2v) is 6.39. The highest BCUT2D eigenvalue weighted by atomic mass is 15.1. The molecule has 2 nitrogen and oxygen atoms in total. The van der Waals surface area contributed by atoms with Crippen LogP contribution in [-0.2, 0) is 6.42 Å². The third kappa shape index (κ3) is 3.30. The van der Waals surface area contributed by atoms with Crippen LogP contribution in [0.5, 0.6) is 0 Å². The minimum absolute atomic E-state index is 0.867. The van der Waals surface area contributed by atoms with Crippen molar-refractivity contribution in [3.05, 3.63) is 29.8 Å².